The van der Waals surface area contributed by atoms with Gasteiger partial charge in [-0.1, -0.05) is 0 Å². The summed E-state index contributed by atoms with van der Waals surface area (Å²) in [6, 6.07) is 0. The van der Waals surface area contributed by atoms with E-state index in [-0.39, 0.29) is 0 Å². The predicted molar refractivity (Wildman–Crippen MR) is 43.0 cm³/mol. The van der Waals surface area contributed by atoms with Gasteiger partial charge in [0.05, 0.1) is 0 Å². The molecule has 3 nitrogen and oxygen atoms in total. The molecule has 4 bridgehead atoms. The van der Waals surface area contributed by atoms with Gasteiger partial charge in [-0.25, -0.2) is 0 Å². The van der Waals surface area contributed by atoms with Crippen LogP contribution in [0.15, 0.2) is 0 Å². The standard InChI is InChI=1S/C9H15NO2/c10-8-2-6-1-7(3-8)5-9(11,4-6)12-8/h6-7,11H,1-5,10H2. The molecule has 0 amide bonds. The van der Waals surface area contributed by atoms with Gasteiger partial charge in [-0.3, -0.25) is 0 Å². The third-order valence-corrected chi connectivity index (χ3v) is 3.54. The fourth-order valence-corrected chi connectivity index (χ4v) is 3.54. The van der Waals surface area contributed by atoms with Crippen LogP contribution in [0.1, 0.15) is 32.1 Å². The Kier molecular flexibility index (Phi) is 1.13. The molecule has 0 aromatic carbocycles. The molecular weight excluding hydrogens is 154 g/mol. The Morgan fingerprint density at radius 2 is 1.75 bits per heavy atom. The van der Waals surface area contributed by atoms with E-state index in [1.807, 2.05) is 0 Å². The molecule has 2 aliphatic heterocycles. The highest BCUT2D eigenvalue weighted by Crippen LogP contribution is 2.54. The molecule has 0 aromatic heterocycles. The lowest BCUT2D eigenvalue weighted by molar-refractivity contribution is -0.353. The van der Waals surface area contributed by atoms with Crippen molar-refractivity contribution < 1.29 is 9.84 Å². The van der Waals surface area contributed by atoms with E-state index < -0.39 is 11.5 Å². The van der Waals surface area contributed by atoms with Crippen molar-refractivity contribution in [1.82, 2.24) is 0 Å². The second-order valence-corrected chi connectivity index (χ2v) is 4.90. The van der Waals surface area contributed by atoms with Crippen molar-refractivity contribution in [1.29, 1.82) is 0 Å². The zero-order valence-electron chi connectivity index (χ0n) is 7.12. The Morgan fingerprint density at radius 1 is 1.17 bits per heavy atom. The molecule has 0 spiro atoms. The van der Waals surface area contributed by atoms with E-state index in [0.717, 1.165) is 25.7 Å². The molecule has 0 radical (unpaired) electrons. The molecular formula is C9H15NO2. The van der Waals surface area contributed by atoms with Crippen LogP contribution < -0.4 is 5.73 Å². The fourth-order valence-electron chi connectivity index (χ4n) is 3.54. The van der Waals surface area contributed by atoms with Crippen LogP contribution in [0.5, 0.6) is 0 Å². The maximum atomic E-state index is 9.97. The Morgan fingerprint density at radius 3 is 2.17 bits per heavy atom. The van der Waals surface area contributed by atoms with Crippen LogP contribution in [-0.4, -0.2) is 16.6 Å². The van der Waals surface area contributed by atoms with E-state index in [1.54, 1.807) is 0 Å². The van der Waals surface area contributed by atoms with Gasteiger partial charge in [0, 0.05) is 12.8 Å². The van der Waals surface area contributed by atoms with E-state index in [0.29, 0.717) is 11.8 Å². The van der Waals surface area contributed by atoms with Crippen molar-refractivity contribution >= 4 is 0 Å². The summed E-state index contributed by atoms with van der Waals surface area (Å²) in [5, 5.41) is 9.97. The maximum Gasteiger partial charge on any atom is 0.168 e. The fraction of sp³-hybridized carbons (Fsp3) is 1.00. The molecule has 2 heterocycles. The van der Waals surface area contributed by atoms with E-state index in [2.05, 4.69) is 0 Å². The summed E-state index contributed by atoms with van der Waals surface area (Å²) in [6.45, 7) is 0. The van der Waals surface area contributed by atoms with Gasteiger partial charge in [-0.05, 0) is 31.1 Å². The highest BCUT2D eigenvalue weighted by molar-refractivity contribution is 5.01. The number of hydrogen-bond donors (Lipinski definition) is 2. The smallest absolute Gasteiger partial charge is 0.168 e. The molecule has 3 heteroatoms. The number of hydrogen-bond acceptors (Lipinski definition) is 3. The van der Waals surface area contributed by atoms with Crippen molar-refractivity contribution in [2.24, 2.45) is 17.6 Å². The summed E-state index contributed by atoms with van der Waals surface area (Å²) in [7, 11) is 0. The summed E-state index contributed by atoms with van der Waals surface area (Å²) >= 11 is 0. The molecule has 68 valence electrons. The quantitative estimate of drug-likeness (QED) is 0.557. The highest BCUT2D eigenvalue weighted by atomic mass is 16.6. The van der Waals surface area contributed by atoms with Gasteiger partial charge in [0.2, 0.25) is 0 Å². The van der Waals surface area contributed by atoms with Gasteiger partial charge in [-0.15, -0.1) is 0 Å². The first-order chi connectivity index (χ1) is 5.57. The highest BCUT2D eigenvalue weighted by Gasteiger charge is 2.56. The van der Waals surface area contributed by atoms with E-state index in [9.17, 15) is 5.11 Å². The lowest BCUT2D eigenvalue weighted by Crippen LogP contribution is -2.65. The van der Waals surface area contributed by atoms with Gasteiger partial charge in [0.25, 0.3) is 0 Å². The van der Waals surface area contributed by atoms with Gasteiger partial charge in [0.15, 0.2) is 5.79 Å². The average Bonchev–Trinajstić information content (AvgIpc) is 1.75. The van der Waals surface area contributed by atoms with Crippen LogP contribution in [0.3, 0.4) is 0 Å². The van der Waals surface area contributed by atoms with Crippen molar-refractivity contribution in [3.8, 4) is 0 Å². The van der Waals surface area contributed by atoms with E-state index >= 15 is 0 Å². The summed E-state index contributed by atoms with van der Waals surface area (Å²) in [6.07, 6.45) is 4.77. The molecule has 2 aliphatic carbocycles. The summed E-state index contributed by atoms with van der Waals surface area (Å²) in [5.74, 6) is 0.362. The molecule has 2 saturated heterocycles. The molecule has 4 fully saturated rings. The lowest BCUT2D eigenvalue weighted by atomic mass is 9.64. The second kappa shape index (κ2) is 1.86. The monoisotopic (exact) mass is 169 g/mol. The van der Waals surface area contributed by atoms with Gasteiger partial charge >= 0.3 is 0 Å². The molecule has 12 heavy (non-hydrogen) atoms. The van der Waals surface area contributed by atoms with Crippen LogP contribution in [0.25, 0.3) is 0 Å². The Bertz CT molecular complexity index is 195. The van der Waals surface area contributed by atoms with Crippen molar-refractivity contribution in [2.75, 3.05) is 0 Å². The Labute approximate surface area is 71.9 Å². The molecule has 4 rings (SSSR count). The van der Waals surface area contributed by atoms with E-state index in [1.165, 1.54) is 6.42 Å². The zero-order chi connectivity index (χ0) is 8.40. The van der Waals surface area contributed by atoms with Crippen LogP contribution >= 0.6 is 0 Å². The number of nitrogens with two attached hydrogens (primary N) is 1. The minimum absolute atomic E-state index is 0.487. The van der Waals surface area contributed by atoms with Gasteiger partial charge in [-0.2, -0.15) is 0 Å². The van der Waals surface area contributed by atoms with Gasteiger partial charge in [0.1, 0.15) is 5.72 Å². The summed E-state index contributed by atoms with van der Waals surface area (Å²) in [5.41, 5.74) is 5.54. The third kappa shape index (κ3) is 0.873. The predicted octanol–water partition coefficient (Wildman–Crippen LogP) is 0.570. The molecule has 3 N–H and O–H groups in total. The molecule has 4 aliphatic rings. The van der Waals surface area contributed by atoms with Gasteiger partial charge < -0.3 is 15.6 Å². The normalized spacial score (nSPS) is 62.5. The average molecular weight is 169 g/mol. The zero-order valence-corrected chi connectivity index (χ0v) is 7.12. The first kappa shape index (κ1) is 7.30. The Hall–Kier alpha value is -0.120. The van der Waals surface area contributed by atoms with Crippen LogP contribution in [0.2, 0.25) is 0 Å². The molecule has 2 saturated carbocycles. The maximum absolute atomic E-state index is 9.97. The third-order valence-electron chi connectivity index (χ3n) is 3.54. The first-order valence-corrected chi connectivity index (χ1v) is 4.78. The molecule has 0 aromatic rings. The van der Waals surface area contributed by atoms with Crippen molar-refractivity contribution in [3.05, 3.63) is 0 Å². The van der Waals surface area contributed by atoms with Crippen LogP contribution in [-0.2, 0) is 4.74 Å². The minimum Gasteiger partial charge on any atom is -0.365 e. The Balaban J connectivity index is 1.98. The summed E-state index contributed by atoms with van der Waals surface area (Å²) < 4.78 is 5.53. The van der Waals surface area contributed by atoms with Crippen LogP contribution in [0, 0.1) is 11.8 Å². The minimum atomic E-state index is -0.862. The van der Waals surface area contributed by atoms with Crippen molar-refractivity contribution in [3.63, 3.8) is 0 Å². The van der Waals surface area contributed by atoms with E-state index in [4.69, 9.17) is 10.5 Å². The molecule has 2 atom stereocenters. The number of aliphatic hydroxyl groups is 1. The largest absolute Gasteiger partial charge is 0.365 e. The molecule has 2 unspecified atom stereocenters. The lowest BCUT2D eigenvalue weighted by Gasteiger charge is -2.58. The number of ether oxygens (including phenoxy) is 1. The first-order valence-electron chi connectivity index (χ1n) is 4.78. The second-order valence-electron chi connectivity index (χ2n) is 4.90. The van der Waals surface area contributed by atoms with Crippen LogP contribution in [0.4, 0.5) is 0 Å². The topological polar surface area (TPSA) is 55.5 Å². The summed E-state index contributed by atoms with van der Waals surface area (Å²) in [4.78, 5) is 0. The van der Waals surface area contributed by atoms with Crippen molar-refractivity contribution in [2.45, 2.75) is 43.6 Å². The SMILES string of the molecule is NC12CC3CC(C1)CC(O)(C3)O2. The number of rotatable bonds is 0.